The summed E-state index contributed by atoms with van der Waals surface area (Å²) in [5.74, 6) is 8.82. The second kappa shape index (κ2) is 8.92. The lowest BCUT2D eigenvalue weighted by Gasteiger charge is -2.24. The number of thiazole rings is 1. The number of benzene rings is 1. The molecule has 0 bridgehead atoms. The molecule has 5 rings (SSSR count). The molecule has 0 atom stereocenters. The number of aromatic nitrogens is 4. The molecule has 0 spiro atoms. The zero-order valence-corrected chi connectivity index (χ0v) is 20.6. The molecule has 2 N–H and O–H groups in total. The van der Waals surface area contributed by atoms with E-state index in [2.05, 4.69) is 50.7 Å². The van der Waals surface area contributed by atoms with E-state index in [1.165, 1.54) is 11.3 Å². The van der Waals surface area contributed by atoms with Gasteiger partial charge in [-0.25, -0.2) is 19.9 Å². The van der Waals surface area contributed by atoms with Crippen molar-refractivity contribution >= 4 is 32.6 Å². The third-order valence-corrected chi connectivity index (χ3v) is 6.77. The van der Waals surface area contributed by atoms with Crippen LogP contribution >= 0.6 is 11.3 Å². The Morgan fingerprint density at radius 1 is 1.12 bits per heavy atom. The van der Waals surface area contributed by atoms with Gasteiger partial charge in [-0.15, -0.1) is 5.92 Å². The fourth-order valence-corrected chi connectivity index (χ4v) is 5.08. The van der Waals surface area contributed by atoms with Crippen LogP contribution in [0, 0.1) is 32.6 Å². The Morgan fingerprint density at radius 3 is 2.79 bits per heavy atom. The fourth-order valence-electron chi connectivity index (χ4n) is 4.42. The predicted molar refractivity (Wildman–Crippen MR) is 137 cm³/mol. The largest absolute Gasteiger partial charge is 0.491 e. The highest BCUT2D eigenvalue weighted by molar-refractivity contribution is 7.21. The average Bonchev–Trinajstić information content (AvgIpc) is 3.03. The van der Waals surface area contributed by atoms with E-state index in [0.717, 1.165) is 67.8 Å². The minimum Gasteiger partial charge on any atom is -0.491 e. The molecule has 1 aromatic carbocycles. The number of nitrogens with two attached hydrogens (primary N) is 1. The summed E-state index contributed by atoms with van der Waals surface area (Å²) in [4.78, 5) is 21.5. The smallest absolute Gasteiger partial charge is 0.182 e. The van der Waals surface area contributed by atoms with E-state index in [-0.39, 0.29) is 0 Å². The Bertz CT molecular complexity index is 1470. The number of nitrogen functional groups attached to an aromatic ring is 1. The van der Waals surface area contributed by atoms with Gasteiger partial charge in [0.25, 0.3) is 0 Å². The number of fused-ring (bicyclic) bond motifs is 2. The lowest BCUT2D eigenvalue weighted by molar-refractivity contribution is 0.329. The molecular formula is C26H26N6OS. The number of ether oxygens (including phenoxy) is 1. The van der Waals surface area contributed by atoms with Crippen LogP contribution < -0.4 is 15.4 Å². The zero-order chi connectivity index (χ0) is 23.8. The number of aryl methyl sites for hydroxylation is 3. The van der Waals surface area contributed by atoms with Gasteiger partial charge in [0.15, 0.2) is 5.13 Å². The zero-order valence-electron chi connectivity index (χ0n) is 19.8. The van der Waals surface area contributed by atoms with Crippen LogP contribution in [-0.4, -0.2) is 33.1 Å². The summed E-state index contributed by atoms with van der Waals surface area (Å²) in [5, 5.41) is 0.529. The Morgan fingerprint density at radius 2 is 1.97 bits per heavy atom. The molecule has 0 unspecified atom stereocenters. The van der Waals surface area contributed by atoms with Gasteiger partial charge in [-0.2, -0.15) is 0 Å². The van der Waals surface area contributed by atoms with Crippen LogP contribution in [0.2, 0.25) is 0 Å². The van der Waals surface area contributed by atoms with Crippen molar-refractivity contribution in [2.24, 2.45) is 0 Å². The Kier molecular flexibility index (Phi) is 5.80. The highest BCUT2D eigenvalue weighted by Gasteiger charge is 2.23. The summed E-state index contributed by atoms with van der Waals surface area (Å²) in [7, 11) is 0. The molecule has 0 aliphatic carbocycles. The molecule has 1 aliphatic rings. The Labute approximate surface area is 203 Å². The third-order valence-electron chi connectivity index (χ3n) is 5.96. The van der Waals surface area contributed by atoms with E-state index in [0.29, 0.717) is 24.7 Å². The van der Waals surface area contributed by atoms with Crippen molar-refractivity contribution in [3.63, 3.8) is 0 Å². The van der Waals surface area contributed by atoms with Crippen LogP contribution in [0.3, 0.4) is 0 Å². The maximum atomic E-state index is 6.22. The molecule has 7 nitrogen and oxygen atoms in total. The molecule has 1 aliphatic heterocycles. The summed E-state index contributed by atoms with van der Waals surface area (Å²) >= 11 is 1.40. The molecule has 0 fully saturated rings. The van der Waals surface area contributed by atoms with Gasteiger partial charge in [0.1, 0.15) is 34.3 Å². The van der Waals surface area contributed by atoms with Crippen molar-refractivity contribution in [3.8, 4) is 28.7 Å². The van der Waals surface area contributed by atoms with E-state index in [4.69, 9.17) is 15.5 Å². The van der Waals surface area contributed by atoms with Gasteiger partial charge in [0, 0.05) is 41.5 Å². The molecule has 0 amide bonds. The summed E-state index contributed by atoms with van der Waals surface area (Å²) in [5.41, 5.74) is 13.0. The standard InChI is InChI=1S/C26H26N6OS/c1-5-6-7-21-16(3)29-17(4)30-24(21)32-8-9-33-23-15(2)10-18(11-20(23)14-32)19-12-22-25(28-13-19)34-26(27)31-22/h10-13H,7-9,14H2,1-4H3,(H2,27,31). The third kappa shape index (κ3) is 4.15. The van der Waals surface area contributed by atoms with E-state index < -0.39 is 0 Å². The van der Waals surface area contributed by atoms with Gasteiger partial charge in [0.05, 0.1) is 6.54 Å². The summed E-state index contributed by atoms with van der Waals surface area (Å²) in [6.45, 7) is 9.92. The van der Waals surface area contributed by atoms with Crippen LogP contribution in [0.15, 0.2) is 24.4 Å². The van der Waals surface area contributed by atoms with E-state index in [9.17, 15) is 0 Å². The highest BCUT2D eigenvalue weighted by atomic mass is 32.1. The molecule has 3 aromatic heterocycles. The number of rotatable bonds is 3. The maximum absolute atomic E-state index is 6.22. The summed E-state index contributed by atoms with van der Waals surface area (Å²) in [6, 6.07) is 6.38. The second-order valence-corrected chi connectivity index (χ2v) is 9.42. The highest BCUT2D eigenvalue weighted by Crippen LogP contribution is 2.35. The maximum Gasteiger partial charge on any atom is 0.182 e. The Balaban J connectivity index is 1.56. The van der Waals surface area contributed by atoms with Crippen molar-refractivity contribution in [2.45, 2.75) is 40.7 Å². The van der Waals surface area contributed by atoms with Crippen molar-refractivity contribution in [1.29, 1.82) is 0 Å². The predicted octanol–water partition coefficient (Wildman–Crippen LogP) is 4.62. The molecule has 4 heterocycles. The van der Waals surface area contributed by atoms with Crippen molar-refractivity contribution in [3.05, 3.63) is 52.6 Å². The molecular weight excluding hydrogens is 444 g/mol. The number of nitrogens with zero attached hydrogens (tertiary/aromatic N) is 5. The van der Waals surface area contributed by atoms with Crippen molar-refractivity contribution in [1.82, 2.24) is 19.9 Å². The lowest BCUT2D eigenvalue weighted by Crippen LogP contribution is -2.28. The first-order valence-electron chi connectivity index (χ1n) is 11.2. The molecule has 0 radical (unpaired) electrons. The van der Waals surface area contributed by atoms with Gasteiger partial charge in [-0.1, -0.05) is 17.3 Å². The molecule has 8 heteroatoms. The monoisotopic (exact) mass is 470 g/mol. The van der Waals surface area contributed by atoms with Gasteiger partial charge < -0.3 is 15.4 Å². The average molecular weight is 471 g/mol. The first kappa shape index (κ1) is 22.1. The minimum atomic E-state index is 0.529. The van der Waals surface area contributed by atoms with Gasteiger partial charge in [-0.3, -0.25) is 0 Å². The minimum absolute atomic E-state index is 0.529. The van der Waals surface area contributed by atoms with Crippen LogP contribution in [0.25, 0.3) is 21.5 Å². The van der Waals surface area contributed by atoms with E-state index in [1.54, 1.807) is 0 Å². The van der Waals surface area contributed by atoms with Crippen molar-refractivity contribution < 1.29 is 4.74 Å². The van der Waals surface area contributed by atoms with Gasteiger partial charge in [-0.05, 0) is 57.0 Å². The quantitative estimate of drug-likeness (QED) is 0.437. The number of pyridine rings is 1. The molecule has 0 saturated heterocycles. The van der Waals surface area contributed by atoms with E-state index in [1.807, 2.05) is 33.0 Å². The van der Waals surface area contributed by atoms with Crippen LogP contribution in [-0.2, 0) is 13.0 Å². The molecule has 4 aromatic rings. The number of anilines is 2. The summed E-state index contributed by atoms with van der Waals surface area (Å²) < 4.78 is 6.22. The SMILES string of the molecule is CC#CCc1c(C)nc(C)nc1N1CCOc2c(C)cc(-c3cnc4sc(N)nc4c3)cc2C1. The fraction of sp³-hybridized carbons (Fsp3) is 0.308. The first-order valence-corrected chi connectivity index (χ1v) is 12.0. The number of hydrogen-bond donors (Lipinski definition) is 1. The normalized spacial score (nSPS) is 13.1. The second-order valence-electron chi connectivity index (χ2n) is 8.41. The van der Waals surface area contributed by atoms with Crippen LogP contribution in [0.5, 0.6) is 5.75 Å². The topological polar surface area (TPSA) is 90.0 Å². The summed E-state index contributed by atoms with van der Waals surface area (Å²) in [6.07, 6.45) is 2.51. The van der Waals surface area contributed by atoms with Crippen LogP contribution in [0.1, 0.15) is 35.1 Å². The molecule has 0 saturated carbocycles. The first-order chi connectivity index (χ1) is 16.4. The van der Waals surface area contributed by atoms with Crippen molar-refractivity contribution in [2.75, 3.05) is 23.8 Å². The lowest BCUT2D eigenvalue weighted by atomic mass is 9.99. The Hall–Kier alpha value is -3.70. The van der Waals surface area contributed by atoms with Crippen LogP contribution in [0.4, 0.5) is 10.9 Å². The van der Waals surface area contributed by atoms with Gasteiger partial charge >= 0.3 is 0 Å². The number of hydrogen-bond acceptors (Lipinski definition) is 8. The molecule has 34 heavy (non-hydrogen) atoms. The van der Waals surface area contributed by atoms with Gasteiger partial charge in [0.2, 0.25) is 0 Å². The molecule has 172 valence electrons. The van der Waals surface area contributed by atoms with E-state index >= 15 is 0 Å².